The van der Waals surface area contributed by atoms with Crippen molar-refractivity contribution in [2.75, 3.05) is 7.11 Å². The highest BCUT2D eigenvalue weighted by molar-refractivity contribution is 7.11. The van der Waals surface area contributed by atoms with Gasteiger partial charge in [-0.05, 0) is 42.1 Å². The second-order valence-corrected chi connectivity index (χ2v) is 9.88. The van der Waals surface area contributed by atoms with Gasteiger partial charge < -0.3 is 19.7 Å². The number of allylic oxidation sites excluding steroid dienone is 4. The first-order chi connectivity index (χ1) is 16.7. The largest absolute Gasteiger partial charge is 0.512 e. The topological polar surface area (TPSA) is 123 Å². The molecule has 11 heteroatoms. The minimum atomic E-state index is -1.03. The lowest BCUT2D eigenvalue weighted by Gasteiger charge is -2.29. The van der Waals surface area contributed by atoms with E-state index in [1.807, 2.05) is 0 Å². The van der Waals surface area contributed by atoms with E-state index in [0.717, 1.165) is 11.5 Å². The molecule has 0 atom stereocenters. The molecule has 35 heavy (non-hydrogen) atoms. The van der Waals surface area contributed by atoms with E-state index in [2.05, 4.69) is 4.37 Å². The number of aromatic nitrogens is 1. The van der Waals surface area contributed by atoms with E-state index in [4.69, 9.17) is 32.7 Å². The predicted molar refractivity (Wildman–Crippen MR) is 130 cm³/mol. The molecular formula is C24H21Cl2NO7S. The Hall–Kier alpha value is -2.88. The normalized spacial score (nSPS) is 16.8. The first kappa shape index (κ1) is 25.2. The number of hydrogen-bond donors (Lipinski definition) is 2. The Labute approximate surface area is 214 Å². The zero-order valence-corrected chi connectivity index (χ0v) is 20.9. The number of Topliss-reactive ketones (excluding diaryl/α,β-unsaturated/α-hetero) is 2. The standard InChI is InChI=1S/C24H21Cl2NO7S/c1-33-16-9-8-11(10-17(16)34-24(32)22-21(25)23(26)35-27-22)18(19-12(28)4-2-5-13(19)29)20-14(30)6-3-7-15(20)31/h8-10,18,28,30H,2-7H2,1H3. The van der Waals surface area contributed by atoms with Gasteiger partial charge in [0.15, 0.2) is 28.8 Å². The van der Waals surface area contributed by atoms with Gasteiger partial charge in [0.1, 0.15) is 9.36 Å². The number of nitrogens with zero attached hydrogens (tertiary/aromatic N) is 1. The summed E-state index contributed by atoms with van der Waals surface area (Å²) < 4.78 is 14.9. The van der Waals surface area contributed by atoms with Crippen LogP contribution < -0.4 is 9.47 Å². The highest BCUT2D eigenvalue weighted by atomic mass is 35.5. The van der Waals surface area contributed by atoms with Gasteiger partial charge in [0.05, 0.1) is 18.6 Å². The molecule has 2 N–H and O–H groups in total. The Morgan fingerprint density at radius 3 is 2.09 bits per heavy atom. The number of hydrogen-bond acceptors (Lipinski definition) is 9. The molecule has 0 unspecified atom stereocenters. The number of halogens is 2. The van der Waals surface area contributed by atoms with Gasteiger partial charge in [-0.1, -0.05) is 29.3 Å². The molecule has 0 bridgehead atoms. The Balaban J connectivity index is 1.84. The van der Waals surface area contributed by atoms with E-state index < -0.39 is 11.9 Å². The van der Waals surface area contributed by atoms with E-state index in [1.165, 1.54) is 19.2 Å². The number of aliphatic hydroxyl groups excluding tert-OH is 2. The average Bonchev–Trinajstić information content (AvgIpc) is 3.16. The van der Waals surface area contributed by atoms with Gasteiger partial charge >= 0.3 is 5.97 Å². The first-order valence-electron chi connectivity index (χ1n) is 10.8. The summed E-state index contributed by atoms with van der Waals surface area (Å²) in [6.07, 6.45) is 1.95. The van der Waals surface area contributed by atoms with Gasteiger partial charge in [0, 0.05) is 42.7 Å². The van der Waals surface area contributed by atoms with Crippen LogP contribution in [0.1, 0.15) is 60.5 Å². The molecule has 4 rings (SSSR count). The second-order valence-electron chi connectivity index (χ2n) is 8.13. The maximum absolute atomic E-state index is 12.9. The lowest BCUT2D eigenvalue weighted by atomic mass is 9.74. The summed E-state index contributed by atoms with van der Waals surface area (Å²) in [5.74, 6) is -2.60. The summed E-state index contributed by atoms with van der Waals surface area (Å²) in [5, 5.41) is 21.3. The number of rotatable bonds is 6. The number of esters is 1. The molecule has 1 heterocycles. The molecule has 1 aromatic heterocycles. The van der Waals surface area contributed by atoms with Crippen molar-refractivity contribution in [2.45, 2.75) is 44.4 Å². The molecule has 0 spiro atoms. The number of carbonyl (C=O) groups is 3. The summed E-state index contributed by atoms with van der Waals surface area (Å²) in [6.45, 7) is 0. The molecule has 2 aliphatic carbocycles. The van der Waals surface area contributed by atoms with E-state index >= 15 is 0 Å². The van der Waals surface area contributed by atoms with E-state index in [-0.39, 0.29) is 86.5 Å². The van der Waals surface area contributed by atoms with Crippen LogP contribution in [0.5, 0.6) is 11.5 Å². The van der Waals surface area contributed by atoms with Gasteiger partial charge in [-0.3, -0.25) is 9.59 Å². The summed E-state index contributed by atoms with van der Waals surface area (Å²) in [6, 6.07) is 4.54. The van der Waals surface area contributed by atoms with Crippen LogP contribution in [0, 0.1) is 0 Å². The quantitative estimate of drug-likeness (QED) is 0.345. The van der Waals surface area contributed by atoms with Crippen molar-refractivity contribution in [1.82, 2.24) is 4.37 Å². The first-order valence-corrected chi connectivity index (χ1v) is 12.4. The fraction of sp³-hybridized carbons (Fsp3) is 0.333. The van der Waals surface area contributed by atoms with Crippen LogP contribution >= 0.6 is 34.7 Å². The van der Waals surface area contributed by atoms with Crippen LogP contribution in [0.4, 0.5) is 0 Å². The van der Waals surface area contributed by atoms with E-state index in [1.54, 1.807) is 6.07 Å². The SMILES string of the molecule is COc1ccc(C(C2=C(O)CCCC2=O)C2=C(O)CCCC2=O)cc1OC(=O)c1nsc(Cl)c1Cl. The zero-order chi connectivity index (χ0) is 25.3. The fourth-order valence-electron chi connectivity index (χ4n) is 4.31. The van der Waals surface area contributed by atoms with Crippen molar-refractivity contribution in [3.8, 4) is 11.5 Å². The van der Waals surface area contributed by atoms with Crippen molar-refractivity contribution in [3.63, 3.8) is 0 Å². The van der Waals surface area contributed by atoms with Crippen LogP contribution in [0.25, 0.3) is 0 Å². The Kier molecular flexibility index (Phi) is 7.49. The van der Waals surface area contributed by atoms with Crippen molar-refractivity contribution >= 4 is 52.3 Å². The van der Waals surface area contributed by atoms with Crippen LogP contribution in [-0.2, 0) is 9.59 Å². The van der Waals surface area contributed by atoms with Gasteiger partial charge in [-0.15, -0.1) is 0 Å². The zero-order valence-electron chi connectivity index (χ0n) is 18.6. The molecular weight excluding hydrogens is 517 g/mol. The second kappa shape index (κ2) is 10.4. The van der Waals surface area contributed by atoms with Gasteiger partial charge in [-0.2, -0.15) is 4.37 Å². The summed E-state index contributed by atoms with van der Waals surface area (Å²) in [4.78, 5) is 38.5. The molecule has 0 saturated carbocycles. The van der Waals surface area contributed by atoms with Crippen LogP contribution in [-0.4, -0.2) is 39.2 Å². The molecule has 8 nitrogen and oxygen atoms in total. The molecule has 0 fully saturated rings. The van der Waals surface area contributed by atoms with Gasteiger partial charge in [0.25, 0.3) is 0 Å². The summed E-state index contributed by atoms with van der Waals surface area (Å²) in [5.41, 5.74) is 0.315. The third kappa shape index (κ3) is 4.94. The summed E-state index contributed by atoms with van der Waals surface area (Å²) >= 11 is 12.8. The third-order valence-electron chi connectivity index (χ3n) is 5.95. The van der Waals surface area contributed by atoms with E-state index in [9.17, 15) is 24.6 Å². The lowest BCUT2D eigenvalue weighted by molar-refractivity contribution is -0.117. The molecule has 2 aliphatic rings. The van der Waals surface area contributed by atoms with Crippen molar-refractivity contribution < 1.29 is 34.1 Å². The molecule has 0 radical (unpaired) electrons. The van der Waals surface area contributed by atoms with Crippen molar-refractivity contribution in [2.24, 2.45) is 0 Å². The van der Waals surface area contributed by atoms with Gasteiger partial charge in [0.2, 0.25) is 0 Å². The Morgan fingerprint density at radius 2 is 1.60 bits per heavy atom. The number of ketones is 2. The molecule has 0 amide bonds. The average molecular weight is 538 g/mol. The number of ether oxygens (including phenoxy) is 2. The molecule has 1 aromatic carbocycles. The van der Waals surface area contributed by atoms with Crippen molar-refractivity contribution in [3.05, 3.63) is 61.5 Å². The molecule has 2 aromatic rings. The Bertz CT molecular complexity index is 1240. The molecule has 0 saturated heterocycles. The van der Waals surface area contributed by atoms with E-state index in [0.29, 0.717) is 18.4 Å². The fourth-order valence-corrected chi connectivity index (χ4v) is 5.29. The Morgan fingerprint density at radius 1 is 1.00 bits per heavy atom. The number of aliphatic hydroxyl groups is 2. The monoisotopic (exact) mass is 537 g/mol. The van der Waals surface area contributed by atoms with Crippen LogP contribution in [0.3, 0.4) is 0 Å². The maximum atomic E-state index is 12.9. The molecule has 184 valence electrons. The minimum Gasteiger partial charge on any atom is -0.512 e. The summed E-state index contributed by atoms with van der Waals surface area (Å²) in [7, 11) is 1.38. The van der Waals surface area contributed by atoms with Crippen molar-refractivity contribution in [1.29, 1.82) is 0 Å². The number of methoxy groups -OCH3 is 1. The van der Waals surface area contributed by atoms with Crippen LogP contribution in [0.15, 0.2) is 40.9 Å². The lowest BCUT2D eigenvalue weighted by Crippen LogP contribution is -2.25. The highest BCUT2D eigenvalue weighted by Gasteiger charge is 2.37. The maximum Gasteiger partial charge on any atom is 0.365 e. The van der Waals surface area contributed by atoms with Crippen LogP contribution in [0.2, 0.25) is 9.36 Å². The van der Waals surface area contributed by atoms with Gasteiger partial charge in [-0.25, -0.2) is 4.79 Å². The molecule has 0 aliphatic heterocycles. The third-order valence-corrected chi connectivity index (χ3v) is 7.56. The smallest absolute Gasteiger partial charge is 0.365 e. The number of carbonyl (C=O) groups excluding carboxylic acids is 3. The highest BCUT2D eigenvalue weighted by Crippen LogP contribution is 2.44. The minimum absolute atomic E-state index is 0.0214. The predicted octanol–water partition coefficient (Wildman–Crippen LogP) is 5.89. The number of benzene rings is 1.